The molecule has 32 heavy (non-hydrogen) atoms. The Labute approximate surface area is 195 Å². The number of aromatic nitrogens is 2. The van der Waals surface area contributed by atoms with Crippen molar-refractivity contribution in [1.29, 1.82) is 0 Å². The van der Waals surface area contributed by atoms with Gasteiger partial charge in [-0.25, -0.2) is 4.68 Å². The van der Waals surface area contributed by atoms with Crippen molar-refractivity contribution in [3.63, 3.8) is 0 Å². The number of carbonyl (C=O) groups is 2. The average Bonchev–Trinajstić information content (AvgIpc) is 3.17. The van der Waals surface area contributed by atoms with Crippen LogP contribution in [0.1, 0.15) is 52.9 Å². The summed E-state index contributed by atoms with van der Waals surface area (Å²) in [4.78, 5) is 26.8. The maximum Gasteiger partial charge on any atom is 0.272 e. The number of likely N-dealkylation sites (N-methyl/N-ethyl adjacent to an activating group) is 1. The summed E-state index contributed by atoms with van der Waals surface area (Å²) in [5, 5.41) is 7.79. The number of aldehydes is 1. The summed E-state index contributed by atoms with van der Waals surface area (Å²) < 4.78 is 1.49. The third kappa shape index (κ3) is 5.98. The highest BCUT2D eigenvalue weighted by Crippen LogP contribution is 2.22. The summed E-state index contributed by atoms with van der Waals surface area (Å²) >= 11 is 6.12. The highest BCUT2D eigenvalue weighted by molar-refractivity contribution is 6.30. The molecule has 0 bridgehead atoms. The van der Waals surface area contributed by atoms with E-state index < -0.39 is 0 Å². The number of nitrogens with one attached hydrogen (secondary N) is 1. The molecule has 0 fully saturated rings. The number of hydrogen-bond acceptors (Lipinski definition) is 4. The van der Waals surface area contributed by atoms with E-state index in [9.17, 15) is 9.59 Å². The number of rotatable bonds is 8. The predicted molar refractivity (Wildman–Crippen MR) is 131 cm³/mol. The number of benzene rings is 2. The van der Waals surface area contributed by atoms with Gasteiger partial charge >= 0.3 is 0 Å². The minimum absolute atomic E-state index is 0.261. The van der Waals surface area contributed by atoms with E-state index in [1.54, 1.807) is 24.3 Å². The van der Waals surface area contributed by atoms with Gasteiger partial charge in [-0.1, -0.05) is 43.6 Å². The maximum absolute atomic E-state index is 12.7. The van der Waals surface area contributed by atoms with Crippen molar-refractivity contribution in [1.82, 2.24) is 15.1 Å². The molecule has 0 saturated heterocycles. The Morgan fingerprint density at radius 3 is 2.53 bits per heavy atom. The summed E-state index contributed by atoms with van der Waals surface area (Å²) in [5.41, 5.74) is 4.12. The molecule has 1 heterocycles. The van der Waals surface area contributed by atoms with Crippen LogP contribution in [0.25, 0.3) is 5.69 Å². The quantitative estimate of drug-likeness (QED) is 0.481. The Morgan fingerprint density at radius 1 is 1.19 bits per heavy atom. The number of nitrogens with zero attached hydrogens (tertiary/aromatic N) is 3. The third-order valence-electron chi connectivity index (χ3n) is 4.88. The lowest BCUT2D eigenvalue weighted by atomic mass is 10.1. The van der Waals surface area contributed by atoms with Crippen LogP contribution in [0.2, 0.25) is 5.02 Å². The molecule has 0 aliphatic heterocycles. The van der Waals surface area contributed by atoms with Crippen molar-refractivity contribution < 1.29 is 9.59 Å². The van der Waals surface area contributed by atoms with Gasteiger partial charge in [0.1, 0.15) is 5.69 Å². The molecule has 1 aromatic heterocycles. The van der Waals surface area contributed by atoms with Crippen LogP contribution in [0.15, 0.2) is 48.5 Å². The second-order valence-electron chi connectivity index (χ2n) is 7.09. The van der Waals surface area contributed by atoms with Gasteiger partial charge in [-0.2, -0.15) is 5.10 Å². The molecule has 0 unspecified atom stereocenters. The van der Waals surface area contributed by atoms with E-state index >= 15 is 0 Å². The fourth-order valence-corrected chi connectivity index (χ4v) is 3.52. The van der Waals surface area contributed by atoms with Crippen LogP contribution in [-0.2, 0) is 6.42 Å². The molecule has 6 nitrogen and oxygen atoms in total. The van der Waals surface area contributed by atoms with Gasteiger partial charge in [-0.15, -0.1) is 0 Å². The van der Waals surface area contributed by atoms with Crippen LogP contribution in [-0.4, -0.2) is 42.1 Å². The van der Waals surface area contributed by atoms with E-state index in [0.717, 1.165) is 12.0 Å². The molecule has 0 atom stereocenters. The van der Waals surface area contributed by atoms with E-state index in [4.69, 9.17) is 11.6 Å². The molecule has 1 N–H and O–H groups in total. The van der Waals surface area contributed by atoms with Gasteiger partial charge in [0, 0.05) is 36.4 Å². The molecule has 7 heteroatoms. The number of amides is 1. The number of anilines is 1. The SMILES string of the molecule is CC.CCNC(=O)c1nn(-c2cccc(Cl)c2)c(C=O)c1CCN(C)c1cccc(C)c1. The molecule has 0 saturated carbocycles. The molecule has 3 rings (SSSR count). The topological polar surface area (TPSA) is 67.2 Å². The van der Waals surface area contributed by atoms with Crippen molar-refractivity contribution >= 4 is 29.5 Å². The van der Waals surface area contributed by atoms with Gasteiger partial charge in [-0.05, 0) is 56.2 Å². The molecule has 0 spiro atoms. The molecule has 1 amide bonds. The summed E-state index contributed by atoms with van der Waals surface area (Å²) in [6, 6.07) is 15.2. The number of halogens is 1. The number of hydrogen-bond donors (Lipinski definition) is 1. The molecule has 0 aliphatic rings. The van der Waals surface area contributed by atoms with Crippen molar-refractivity contribution in [2.24, 2.45) is 0 Å². The Morgan fingerprint density at radius 2 is 1.91 bits per heavy atom. The molecular weight excluding hydrogens is 424 g/mol. The normalized spacial score (nSPS) is 10.2. The Hall–Kier alpha value is -3.12. The molecule has 0 radical (unpaired) electrons. The van der Waals surface area contributed by atoms with E-state index in [0.29, 0.717) is 41.5 Å². The molecule has 2 aromatic carbocycles. The molecule has 3 aromatic rings. The lowest BCUT2D eigenvalue weighted by Crippen LogP contribution is -2.26. The van der Waals surface area contributed by atoms with Gasteiger partial charge in [0.15, 0.2) is 12.0 Å². The van der Waals surface area contributed by atoms with Crippen LogP contribution in [0, 0.1) is 6.92 Å². The molecular formula is C25H31ClN4O2. The minimum atomic E-state index is -0.297. The highest BCUT2D eigenvalue weighted by Gasteiger charge is 2.23. The van der Waals surface area contributed by atoms with Crippen LogP contribution in [0.3, 0.4) is 0 Å². The predicted octanol–water partition coefficient (Wildman–Crippen LogP) is 5.10. The summed E-state index contributed by atoms with van der Waals surface area (Å²) in [6.45, 7) is 8.99. The van der Waals surface area contributed by atoms with Gasteiger partial charge < -0.3 is 10.2 Å². The first-order valence-electron chi connectivity index (χ1n) is 10.8. The first-order valence-corrected chi connectivity index (χ1v) is 11.2. The van der Waals surface area contributed by atoms with Crippen LogP contribution < -0.4 is 10.2 Å². The maximum atomic E-state index is 12.7. The Bertz CT molecular complexity index is 1060. The van der Waals surface area contributed by atoms with Gasteiger partial charge in [0.05, 0.1) is 5.69 Å². The Kier molecular flexibility index (Phi) is 9.47. The lowest BCUT2D eigenvalue weighted by molar-refractivity contribution is 0.0949. The lowest BCUT2D eigenvalue weighted by Gasteiger charge is -2.20. The van der Waals surface area contributed by atoms with Crippen LogP contribution in [0.4, 0.5) is 5.69 Å². The number of carbonyl (C=O) groups excluding carboxylic acids is 2. The first kappa shape index (κ1) is 25.1. The smallest absolute Gasteiger partial charge is 0.272 e. The number of aryl methyl sites for hydroxylation is 1. The van der Waals surface area contributed by atoms with E-state index in [-0.39, 0.29) is 11.6 Å². The molecule has 170 valence electrons. The van der Waals surface area contributed by atoms with Crippen molar-refractivity contribution in [2.75, 3.05) is 25.0 Å². The zero-order valence-electron chi connectivity index (χ0n) is 19.4. The zero-order valence-corrected chi connectivity index (χ0v) is 20.1. The summed E-state index contributed by atoms with van der Waals surface area (Å²) in [6.07, 6.45) is 1.24. The average molecular weight is 455 g/mol. The third-order valence-corrected chi connectivity index (χ3v) is 5.11. The van der Waals surface area contributed by atoms with Gasteiger partial charge in [0.2, 0.25) is 0 Å². The van der Waals surface area contributed by atoms with Gasteiger partial charge in [-0.3, -0.25) is 9.59 Å². The second kappa shape index (κ2) is 12.1. The fourth-order valence-electron chi connectivity index (χ4n) is 3.34. The summed E-state index contributed by atoms with van der Waals surface area (Å²) in [7, 11) is 1.99. The minimum Gasteiger partial charge on any atom is -0.374 e. The Balaban J connectivity index is 0.00000176. The van der Waals surface area contributed by atoms with Crippen LogP contribution in [0.5, 0.6) is 0 Å². The molecule has 0 aliphatic carbocycles. The van der Waals surface area contributed by atoms with Crippen molar-refractivity contribution in [2.45, 2.75) is 34.1 Å². The van der Waals surface area contributed by atoms with Crippen LogP contribution >= 0.6 is 11.6 Å². The van der Waals surface area contributed by atoms with E-state index in [1.807, 2.05) is 52.9 Å². The van der Waals surface area contributed by atoms with E-state index in [2.05, 4.69) is 21.4 Å². The fraction of sp³-hybridized carbons (Fsp3) is 0.320. The standard InChI is InChI=1S/C23H25ClN4O2.C2H6/c1-4-25-23(30)22-20(11-12-27(3)18-9-5-7-16(2)13-18)21(15-29)28(26-22)19-10-6-8-17(24)14-19;1-2/h5-10,13-15H,4,11-12H2,1-3H3,(H,25,30);1-2H3. The first-order chi connectivity index (χ1) is 15.4. The van der Waals surface area contributed by atoms with Gasteiger partial charge in [0.25, 0.3) is 5.91 Å². The largest absolute Gasteiger partial charge is 0.374 e. The van der Waals surface area contributed by atoms with E-state index in [1.165, 1.54) is 10.2 Å². The van der Waals surface area contributed by atoms with Crippen molar-refractivity contribution in [3.05, 3.63) is 76.1 Å². The highest BCUT2D eigenvalue weighted by atomic mass is 35.5. The zero-order chi connectivity index (χ0) is 23.7. The second-order valence-corrected chi connectivity index (χ2v) is 7.53. The van der Waals surface area contributed by atoms with Crippen molar-refractivity contribution in [3.8, 4) is 5.69 Å². The monoisotopic (exact) mass is 454 g/mol. The summed E-state index contributed by atoms with van der Waals surface area (Å²) in [5.74, 6) is -0.297.